The Bertz CT molecular complexity index is 1080. The van der Waals surface area contributed by atoms with Crippen molar-refractivity contribution in [1.29, 1.82) is 0 Å². The Labute approximate surface area is 195 Å². The van der Waals surface area contributed by atoms with Crippen molar-refractivity contribution in [3.05, 3.63) is 64.1 Å². The summed E-state index contributed by atoms with van der Waals surface area (Å²) in [5.74, 6) is -0.240. The minimum absolute atomic E-state index is 0.0423. The van der Waals surface area contributed by atoms with E-state index in [2.05, 4.69) is 32.9 Å². The summed E-state index contributed by atoms with van der Waals surface area (Å²) in [6.45, 7) is 10.1. The minimum Gasteiger partial charge on any atom is -0.489 e. The Morgan fingerprint density at radius 2 is 1.79 bits per heavy atom. The predicted octanol–water partition coefficient (Wildman–Crippen LogP) is 6.52. The number of fused-ring (bicyclic) bond motifs is 1. The van der Waals surface area contributed by atoms with Gasteiger partial charge in [0.1, 0.15) is 6.61 Å². The molecule has 33 heavy (non-hydrogen) atoms. The summed E-state index contributed by atoms with van der Waals surface area (Å²) in [6, 6.07) is 5.17. The molecule has 0 atom stereocenters. The van der Waals surface area contributed by atoms with Gasteiger partial charge in [-0.2, -0.15) is 0 Å². The number of para-hydroxylation sites is 1. The molecule has 0 aliphatic carbocycles. The van der Waals surface area contributed by atoms with Crippen molar-refractivity contribution < 1.29 is 23.4 Å². The second-order valence-corrected chi connectivity index (χ2v) is 7.97. The van der Waals surface area contributed by atoms with Crippen LogP contribution in [0.3, 0.4) is 0 Å². The van der Waals surface area contributed by atoms with E-state index >= 15 is 0 Å². The Morgan fingerprint density at radius 3 is 2.48 bits per heavy atom. The maximum Gasteiger partial charge on any atom is 0.383 e. The fourth-order valence-corrected chi connectivity index (χ4v) is 3.12. The predicted molar refractivity (Wildman–Crippen MR) is 131 cm³/mol. The Morgan fingerprint density at radius 1 is 1.00 bits per heavy atom. The van der Waals surface area contributed by atoms with E-state index < -0.39 is 11.6 Å². The molecule has 1 aromatic heterocycles. The maximum absolute atomic E-state index is 12.7. The van der Waals surface area contributed by atoms with E-state index in [1.54, 1.807) is 18.2 Å². The molecule has 0 aliphatic rings. The monoisotopic (exact) mass is 454 g/mol. The molecule has 178 valence electrons. The van der Waals surface area contributed by atoms with Crippen LogP contribution in [0.25, 0.3) is 11.0 Å². The van der Waals surface area contributed by atoms with Crippen molar-refractivity contribution in [1.82, 2.24) is 0 Å². The van der Waals surface area contributed by atoms with E-state index in [1.807, 2.05) is 19.1 Å². The molecule has 6 heteroatoms. The van der Waals surface area contributed by atoms with Crippen LogP contribution < -0.4 is 19.8 Å². The zero-order valence-electron chi connectivity index (χ0n) is 20.2. The summed E-state index contributed by atoms with van der Waals surface area (Å²) < 4.78 is 22.4. The molecule has 0 bridgehead atoms. The number of carbonyl (C=O) groups is 1. The van der Waals surface area contributed by atoms with Gasteiger partial charge >= 0.3 is 11.6 Å². The van der Waals surface area contributed by atoms with Gasteiger partial charge in [-0.05, 0) is 64.7 Å². The van der Waals surface area contributed by atoms with Gasteiger partial charge in [0.15, 0.2) is 17.1 Å². The van der Waals surface area contributed by atoms with Crippen LogP contribution in [0.2, 0.25) is 0 Å². The van der Waals surface area contributed by atoms with E-state index in [4.69, 9.17) is 18.6 Å². The van der Waals surface area contributed by atoms with Gasteiger partial charge in [0.05, 0.1) is 12.0 Å². The van der Waals surface area contributed by atoms with E-state index in [9.17, 15) is 9.59 Å². The van der Waals surface area contributed by atoms with Gasteiger partial charge in [-0.15, -0.1) is 0 Å². The van der Waals surface area contributed by atoms with E-state index in [-0.39, 0.29) is 23.7 Å². The highest BCUT2D eigenvalue weighted by Crippen LogP contribution is 2.37. The molecule has 0 unspecified atom stereocenters. The SMILES string of the molecule is CCC=CCCOc1cccc2c(OC(C)=O)c(OCC=C(C)CCC=C(C)C)c(=O)oc12. The van der Waals surface area contributed by atoms with Crippen LogP contribution in [0.1, 0.15) is 60.3 Å². The van der Waals surface area contributed by atoms with Crippen LogP contribution in [0, 0.1) is 0 Å². The summed E-state index contributed by atoms with van der Waals surface area (Å²) in [5.41, 5.74) is 1.91. The molecule has 0 fully saturated rings. The van der Waals surface area contributed by atoms with Gasteiger partial charge in [0, 0.05) is 6.92 Å². The number of rotatable bonds is 12. The normalized spacial score (nSPS) is 11.6. The molecule has 1 heterocycles. The molecule has 0 amide bonds. The molecule has 0 radical (unpaired) electrons. The zero-order valence-corrected chi connectivity index (χ0v) is 20.2. The molecule has 0 N–H and O–H groups in total. The fraction of sp³-hybridized carbons (Fsp3) is 0.407. The molecule has 2 aromatic rings. The summed E-state index contributed by atoms with van der Waals surface area (Å²) in [5, 5.41) is 0.436. The molecule has 6 nitrogen and oxygen atoms in total. The second kappa shape index (κ2) is 13.3. The number of benzene rings is 1. The van der Waals surface area contributed by atoms with Crippen LogP contribution in [0.5, 0.6) is 17.2 Å². The van der Waals surface area contributed by atoms with Gasteiger partial charge in [-0.1, -0.05) is 42.4 Å². The van der Waals surface area contributed by atoms with E-state index in [0.29, 0.717) is 17.7 Å². The molecular weight excluding hydrogens is 420 g/mol. The summed E-state index contributed by atoms with van der Waals surface area (Å²) in [6.07, 6.45) is 11.7. The highest BCUT2D eigenvalue weighted by atomic mass is 16.6. The first kappa shape index (κ1) is 26.0. The zero-order chi connectivity index (χ0) is 24.2. The number of hydrogen-bond donors (Lipinski definition) is 0. The number of allylic oxidation sites excluding steroid dienone is 4. The molecule has 0 aliphatic heterocycles. The Hall–Kier alpha value is -3.28. The van der Waals surface area contributed by atoms with Crippen molar-refractivity contribution in [2.75, 3.05) is 13.2 Å². The first-order valence-corrected chi connectivity index (χ1v) is 11.3. The van der Waals surface area contributed by atoms with Crippen molar-refractivity contribution in [3.8, 4) is 17.2 Å². The summed E-state index contributed by atoms with van der Waals surface area (Å²) >= 11 is 0. The lowest BCUT2D eigenvalue weighted by molar-refractivity contribution is -0.131. The van der Waals surface area contributed by atoms with Crippen LogP contribution in [-0.4, -0.2) is 19.2 Å². The van der Waals surface area contributed by atoms with E-state index in [0.717, 1.165) is 31.3 Å². The first-order valence-electron chi connectivity index (χ1n) is 11.3. The van der Waals surface area contributed by atoms with Crippen molar-refractivity contribution in [2.45, 2.75) is 60.3 Å². The average Bonchev–Trinajstić information content (AvgIpc) is 2.75. The smallest absolute Gasteiger partial charge is 0.383 e. The minimum atomic E-state index is -0.726. The van der Waals surface area contributed by atoms with Gasteiger partial charge in [-0.3, -0.25) is 4.79 Å². The van der Waals surface area contributed by atoms with E-state index in [1.165, 1.54) is 12.5 Å². The average molecular weight is 455 g/mol. The third kappa shape index (κ3) is 8.29. The number of esters is 1. The molecular formula is C27H34O6. The second-order valence-electron chi connectivity index (χ2n) is 7.97. The van der Waals surface area contributed by atoms with Gasteiger partial charge < -0.3 is 18.6 Å². The summed E-state index contributed by atoms with van der Waals surface area (Å²) in [4.78, 5) is 24.5. The number of ether oxygens (including phenoxy) is 3. The quantitative estimate of drug-likeness (QED) is 0.157. The van der Waals surface area contributed by atoms with Crippen LogP contribution >= 0.6 is 0 Å². The first-order chi connectivity index (χ1) is 15.8. The van der Waals surface area contributed by atoms with Gasteiger partial charge in [0.2, 0.25) is 5.75 Å². The molecule has 1 aromatic carbocycles. The van der Waals surface area contributed by atoms with Crippen LogP contribution in [0.15, 0.2) is 62.9 Å². The highest BCUT2D eigenvalue weighted by molar-refractivity contribution is 5.91. The summed E-state index contributed by atoms with van der Waals surface area (Å²) in [7, 11) is 0. The maximum atomic E-state index is 12.7. The number of carbonyl (C=O) groups excluding carboxylic acids is 1. The highest BCUT2D eigenvalue weighted by Gasteiger charge is 2.21. The fourth-order valence-electron chi connectivity index (χ4n) is 3.12. The molecule has 0 saturated heterocycles. The lowest BCUT2D eigenvalue weighted by Crippen LogP contribution is -2.13. The molecule has 0 saturated carbocycles. The van der Waals surface area contributed by atoms with Crippen molar-refractivity contribution in [3.63, 3.8) is 0 Å². The lowest BCUT2D eigenvalue weighted by atomic mass is 10.1. The third-order valence-corrected chi connectivity index (χ3v) is 4.75. The van der Waals surface area contributed by atoms with Crippen molar-refractivity contribution >= 4 is 16.9 Å². The van der Waals surface area contributed by atoms with Gasteiger partial charge in [-0.25, -0.2) is 4.79 Å². The largest absolute Gasteiger partial charge is 0.489 e. The Balaban J connectivity index is 2.30. The standard InChI is InChI=1S/C27H34O6/c1-6-7-8-9-17-30-23-15-11-14-22-24(23)33-27(29)26(25(22)32-21(5)28)31-18-16-20(4)13-10-12-19(2)3/h7-8,11-12,14-16H,6,9-10,13,17-18H2,1-5H3. The Kier molecular flexibility index (Phi) is 10.5. The van der Waals surface area contributed by atoms with Crippen molar-refractivity contribution in [2.24, 2.45) is 0 Å². The van der Waals surface area contributed by atoms with Gasteiger partial charge in [0.25, 0.3) is 0 Å². The van der Waals surface area contributed by atoms with Crippen LogP contribution in [0.4, 0.5) is 0 Å². The van der Waals surface area contributed by atoms with Crippen LogP contribution in [-0.2, 0) is 4.79 Å². The topological polar surface area (TPSA) is 75.0 Å². The lowest BCUT2D eigenvalue weighted by Gasteiger charge is -2.13. The molecule has 0 spiro atoms. The number of hydrogen-bond acceptors (Lipinski definition) is 6. The third-order valence-electron chi connectivity index (χ3n) is 4.75. The molecule has 2 rings (SSSR count).